The molecule has 2 aromatic carbocycles. The van der Waals surface area contributed by atoms with Gasteiger partial charge in [0.05, 0.1) is 18.3 Å². The minimum Gasteiger partial charge on any atom is -0.392 e. The van der Waals surface area contributed by atoms with Crippen LogP contribution in [0.4, 0.5) is 18.9 Å². The van der Waals surface area contributed by atoms with Crippen LogP contribution in [0.25, 0.3) is 0 Å². The van der Waals surface area contributed by atoms with Gasteiger partial charge in [0, 0.05) is 0 Å². The lowest BCUT2D eigenvalue weighted by molar-refractivity contribution is 0.204. The summed E-state index contributed by atoms with van der Waals surface area (Å²) in [5.41, 5.74) is 0.164. The zero-order valence-electron chi connectivity index (χ0n) is 12.1. The Morgan fingerprint density at radius 3 is 2.22 bits per heavy atom. The van der Waals surface area contributed by atoms with Crippen LogP contribution in [0.1, 0.15) is 6.92 Å². The van der Waals surface area contributed by atoms with E-state index in [1.807, 2.05) is 0 Å². The van der Waals surface area contributed by atoms with Gasteiger partial charge in [-0.25, -0.2) is 21.6 Å². The molecule has 2 rings (SSSR count). The molecule has 0 unspecified atom stereocenters. The SMILES string of the molecule is C[C@@H](O)CN(c1ccccc1)S(=O)(=O)c1ccc(F)c(F)c1F. The van der Waals surface area contributed by atoms with Crippen molar-refractivity contribution in [2.24, 2.45) is 0 Å². The van der Waals surface area contributed by atoms with Crippen molar-refractivity contribution in [3.63, 3.8) is 0 Å². The van der Waals surface area contributed by atoms with Crippen molar-refractivity contribution in [3.8, 4) is 0 Å². The first-order valence-electron chi connectivity index (χ1n) is 6.64. The fourth-order valence-corrected chi connectivity index (χ4v) is 3.61. The topological polar surface area (TPSA) is 57.6 Å². The van der Waals surface area contributed by atoms with E-state index in [4.69, 9.17) is 0 Å². The Bertz CT molecular complexity index is 795. The minimum atomic E-state index is -4.53. The van der Waals surface area contributed by atoms with E-state index in [0.717, 1.165) is 4.31 Å². The molecule has 124 valence electrons. The molecule has 8 heteroatoms. The predicted molar refractivity (Wildman–Crippen MR) is 79.0 cm³/mol. The first kappa shape index (κ1) is 17.3. The standard InChI is InChI=1S/C15H14F3NO3S/c1-10(20)9-19(11-5-3-2-4-6-11)23(21,22)13-8-7-12(16)14(17)15(13)18/h2-8,10,20H,9H2,1H3/t10-/m1/s1. The lowest BCUT2D eigenvalue weighted by Crippen LogP contribution is -2.37. The van der Waals surface area contributed by atoms with E-state index in [1.165, 1.54) is 19.1 Å². The van der Waals surface area contributed by atoms with E-state index >= 15 is 0 Å². The second kappa shape index (κ2) is 6.59. The minimum absolute atomic E-state index is 0.164. The second-order valence-corrected chi connectivity index (χ2v) is 6.72. The Labute approximate surface area is 131 Å². The maximum absolute atomic E-state index is 13.9. The molecule has 0 bridgehead atoms. The number of hydrogen-bond acceptors (Lipinski definition) is 3. The molecular weight excluding hydrogens is 331 g/mol. The number of aliphatic hydroxyl groups is 1. The van der Waals surface area contributed by atoms with Crippen LogP contribution in [0.15, 0.2) is 47.4 Å². The average Bonchev–Trinajstić information content (AvgIpc) is 2.50. The normalized spacial score (nSPS) is 12.9. The molecule has 0 radical (unpaired) electrons. The number of para-hydroxylation sites is 1. The molecule has 0 heterocycles. The fraction of sp³-hybridized carbons (Fsp3) is 0.200. The highest BCUT2D eigenvalue weighted by molar-refractivity contribution is 7.92. The van der Waals surface area contributed by atoms with Gasteiger partial charge in [-0.1, -0.05) is 18.2 Å². The van der Waals surface area contributed by atoms with Gasteiger partial charge >= 0.3 is 0 Å². The summed E-state index contributed by atoms with van der Waals surface area (Å²) in [5, 5.41) is 9.53. The Morgan fingerprint density at radius 2 is 1.65 bits per heavy atom. The molecule has 0 amide bonds. The molecule has 0 fully saturated rings. The van der Waals surface area contributed by atoms with Crippen LogP contribution in [0, 0.1) is 17.5 Å². The van der Waals surface area contributed by atoms with Crippen LogP contribution in [0.5, 0.6) is 0 Å². The highest BCUT2D eigenvalue weighted by Gasteiger charge is 2.31. The van der Waals surface area contributed by atoms with Crippen molar-refractivity contribution in [3.05, 3.63) is 59.9 Å². The molecule has 1 N–H and O–H groups in total. The van der Waals surface area contributed by atoms with Gasteiger partial charge in [0.15, 0.2) is 17.5 Å². The number of rotatable bonds is 5. The van der Waals surface area contributed by atoms with Gasteiger partial charge in [0.25, 0.3) is 10.0 Å². The Hall–Kier alpha value is -2.06. The Kier molecular flexibility index (Phi) is 4.96. The molecule has 0 saturated carbocycles. The van der Waals surface area contributed by atoms with Gasteiger partial charge in [-0.3, -0.25) is 4.31 Å². The van der Waals surface area contributed by atoms with Gasteiger partial charge in [-0.15, -0.1) is 0 Å². The molecule has 2 aromatic rings. The molecule has 0 saturated heterocycles. The van der Waals surface area contributed by atoms with E-state index in [0.29, 0.717) is 12.1 Å². The lowest BCUT2D eigenvalue weighted by Gasteiger charge is -2.26. The number of anilines is 1. The summed E-state index contributed by atoms with van der Waals surface area (Å²) in [6.45, 7) is 0.984. The molecular formula is C15H14F3NO3S. The quantitative estimate of drug-likeness (QED) is 0.848. The van der Waals surface area contributed by atoms with E-state index in [1.54, 1.807) is 18.2 Å². The van der Waals surface area contributed by atoms with Crippen LogP contribution >= 0.6 is 0 Å². The van der Waals surface area contributed by atoms with Gasteiger partial charge in [-0.05, 0) is 31.2 Å². The molecule has 4 nitrogen and oxygen atoms in total. The number of sulfonamides is 1. The largest absolute Gasteiger partial charge is 0.392 e. The van der Waals surface area contributed by atoms with E-state index < -0.39 is 38.5 Å². The van der Waals surface area contributed by atoms with E-state index in [-0.39, 0.29) is 12.2 Å². The number of hydrogen-bond donors (Lipinski definition) is 1. The molecule has 0 aliphatic rings. The van der Waals surface area contributed by atoms with E-state index in [9.17, 15) is 26.7 Å². The van der Waals surface area contributed by atoms with Crippen molar-refractivity contribution in [2.45, 2.75) is 17.9 Å². The van der Waals surface area contributed by atoms with Crippen LogP contribution in [-0.2, 0) is 10.0 Å². The number of nitrogens with zero attached hydrogens (tertiary/aromatic N) is 1. The summed E-state index contributed by atoms with van der Waals surface area (Å²) < 4.78 is 66.3. The number of halogens is 3. The molecule has 23 heavy (non-hydrogen) atoms. The highest BCUT2D eigenvalue weighted by Crippen LogP contribution is 2.27. The maximum atomic E-state index is 13.9. The zero-order chi connectivity index (χ0) is 17.2. The van der Waals surface area contributed by atoms with Gasteiger partial charge in [0.1, 0.15) is 4.90 Å². The van der Waals surface area contributed by atoms with Crippen molar-refractivity contribution in [1.82, 2.24) is 0 Å². The number of aliphatic hydroxyl groups excluding tert-OH is 1. The summed E-state index contributed by atoms with van der Waals surface area (Å²) in [4.78, 5) is -0.999. The first-order valence-corrected chi connectivity index (χ1v) is 8.08. The second-order valence-electron chi connectivity index (χ2n) is 4.89. The van der Waals surface area contributed by atoms with Crippen LogP contribution < -0.4 is 4.31 Å². The van der Waals surface area contributed by atoms with Crippen molar-refractivity contribution >= 4 is 15.7 Å². The molecule has 0 aliphatic carbocycles. The highest BCUT2D eigenvalue weighted by atomic mass is 32.2. The predicted octanol–water partition coefficient (Wildman–Crippen LogP) is 2.68. The summed E-state index contributed by atoms with van der Waals surface area (Å²) in [6.07, 6.45) is -1.06. The van der Waals surface area contributed by atoms with E-state index in [2.05, 4.69) is 0 Å². The third-order valence-electron chi connectivity index (χ3n) is 3.04. The molecule has 0 aromatic heterocycles. The molecule has 0 spiro atoms. The Balaban J connectivity index is 2.60. The first-order chi connectivity index (χ1) is 10.7. The summed E-state index contributed by atoms with van der Waals surface area (Å²) >= 11 is 0. The molecule has 0 aliphatic heterocycles. The maximum Gasteiger partial charge on any atom is 0.267 e. The number of benzene rings is 2. The monoisotopic (exact) mass is 345 g/mol. The average molecular weight is 345 g/mol. The fourth-order valence-electron chi connectivity index (χ4n) is 2.00. The van der Waals surface area contributed by atoms with Crippen LogP contribution in [0.3, 0.4) is 0 Å². The third kappa shape index (κ3) is 3.48. The van der Waals surface area contributed by atoms with Crippen molar-refractivity contribution in [2.75, 3.05) is 10.8 Å². The van der Waals surface area contributed by atoms with Crippen LogP contribution in [-0.4, -0.2) is 26.2 Å². The third-order valence-corrected chi connectivity index (χ3v) is 4.85. The smallest absolute Gasteiger partial charge is 0.267 e. The van der Waals surface area contributed by atoms with Gasteiger partial charge in [-0.2, -0.15) is 0 Å². The zero-order valence-corrected chi connectivity index (χ0v) is 12.9. The summed E-state index contributed by atoms with van der Waals surface area (Å²) in [5.74, 6) is -5.14. The van der Waals surface area contributed by atoms with Crippen molar-refractivity contribution in [1.29, 1.82) is 0 Å². The Morgan fingerprint density at radius 1 is 1.04 bits per heavy atom. The summed E-state index contributed by atoms with van der Waals surface area (Å²) in [6, 6.07) is 8.84. The molecule has 1 atom stereocenters. The van der Waals surface area contributed by atoms with Gasteiger partial charge < -0.3 is 5.11 Å². The van der Waals surface area contributed by atoms with Crippen molar-refractivity contribution < 1.29 is 26.7 Å². The summed E-state index contributed by atoms with van der Waals surface area (Å²) in [7, 11) is -4.53. The van der Waals surface area contributed by atoms with Gasteiger partial charge in [0.2, 0.25) is 0 Å². The lowest BCUT2D eigenvalue weighted by atomic mass is 10.3. The van der Waals surface area contributed by atoms with Crippen LogP contribution in [0.2, 0.25) is 0 Å².